The van der Waals surface area contributed by atoms with Gasteiger partial charge in [-0.05, 0) is 28.7 Å². The van der Waals surface area contributed by atoms with E-state index < -0.39 is 0 Å². The maximum absolute atomic E-state index is 12.1. The van der Waals surface area contributed by atoms with Crippen molar-refractivity contribution in [2.45, 2.75) is 11.0 Å². The van der Waals surface area contributed by atoms with Crippen LogP contribution in [-0.2, 0) is 4.55 Å². The van der Waals surface area contributed by atoms with E-state index in [9.17, 15) is 9.59 Å². The van der Waals surface area contributed by atoms with Crippen molar-refractivity contribution < 1.29 is 14.2 Å². The topological polar surface area (TPSA) is 38.0 Å². The van der Waals surface area contributed by atoms with Gasteiger partial charge in [0.1, 0.15) is 0 Å². The van der Waals surface area contributed by atoms with E-state index in [0.29, 0.717) is 11.1 Å². The summed E-state index contributed by atoms with van der Waals surface area (Å²) < 4.78 is 2.67. The zero-order valence-electron chi connectivity index (χ0n) is 10.3. The van der Waals surface area contributed by atoms with Crippen molar-refractivity contribution in [1.29, 1.82) is 0 Å². The van der Waals surface area contributed by atoms with Crippen LogP contribution in [0.3, 0.4) is 0 Å². The summed E-state index contributed by atoms with van der Waals surface area (Å²) in [4.78, 5) is 24.0. The number of alkyl halides is 1. The van der Waals surface area contributed by atoms with Gasteiger partial charge in [-0.2, -0.15) is 4.57 Å². The molecule has 0 aliphatic rings. The Labute approximate surface area is 125 Å². The molecule has 4 heteroatoms. The summed E-state index contributed by atoms with van der Waals surface area (Å²) in [5.74, 6) is -0.288. The third-order valence-electron chi connectivity index (χ3n) is 2.74. The van der Waals surface area contributed by atoms with E-state index in [4.69, 9.17) is 0 Å². The number of carbonyl (C=O) groups is 2. The predicted octanol–water partition coefficient (Wildman–Crippen LogP) is 2.82. The fraction of sp³-hybridized carbons (Fsp3) is 0.133. The molecule has 0 radical (unpaired) electrons. The molecule has 19 heavy (non-hydrogen) atoms. The average Bonchev–Trinajstić information content (AvgIpc) is 2.48. The molecular weight excluding hydrogens is 353 g/mol. The van der Waals surface area contributed by atoms with E-state index in [2.05, 4.69) is 22.6 Å². The summed E-state index contributed by atoms with van der Waals surface area (Å²) in [6, 6.07) is 12.5. The van der Waals surface area contributed by atoms with E-state index in [-0.39, 0.29) is 18.0 Å². The molecule has 0 unspecified atom stereocenters. The molecule has 1 aromatic heterocycles. The van der Waals surface area contributed by atoms with E-state index in [1.165, 1.54) is 0 Å². The Balaban J connectivity index is 2.11. The molecule has 0 spiro atoms. The fourth-order valence-electron chi connectivity index (χ4n) is 1.74. The van der Waals surface area contributed by atoms with Crippen LogP contribution in [-0.4, -0.2) is 11.6 Å². The van der Waals surface area contributed by atoms with Gasteiger partial charge in [0, 0.05) is 11.6 Å². The number of halogens is 1. The number of aromatic nitrogens is 1. The number of hydrogen-bond acceptors (Lipinski definition) is 2. The van der Waals surface area contributed by atoms with Crippen molar-refractivity contribution in [3.63, 3.8) is 0 Å². The fourth-order valence-corrected chi connectivity index (χ4v) is 2.16. The molecule has 0 aliphatic carbocycles. The van der Waals surface area contributed by atoms with Gasteiger partial charge in [-0.25, -0.2) is 0 Å². The highest BCUT2D eigenvalue weighted by Crippen LogP contribution is 2.07. The van der Waals surface area contributed by atoms with Crippen LogP contribution in [0.5, 0.6) is 0 Å². The van der Waals surface area contributed by atoms with E-state index >= 15 is 0 Å². The van der Waals surface area contributed by atoms with Crippen LogP contribution in [0.15, 0.2) is 54.9 Å². The third kappa shape index (κ3) is 3.70. The lowest BCUT2D eigenvalue weighted by Gasteiger charge is -2.00. The summed E-state index contributed by atoms with van der Waals surface area (Å²) in [5, 5.41) is 0. The molecule has 1 heterocycles. The highest BCUT2D eigenvalue weighted by atomic mass is 127. The number of rotatable bonds is 5. The van der Waals surface area contributed by atoms with Crippen LogP contribution in [0.4, 0.5) is 0 Å². The first-order chi connectivity index (χ1) is 9.20. The molecule has 0 atom stereocenters. The van der Waals surface area contributed by atoms with Crippen LogP contribution in [0.2, 0.25) is 0 Å². The standard InChI is InChI=1S/C15H13INO2/c16-11-17-8-4-7-13(10-17)15(19)9-14(18)12-5-2-1-3-6-12/h1-8,10H,9,11H2/q+1. The summed E-state index contributed by atoms with van der Waals surface area (Å²) in [6.07, 6.45) is 3.57. The van der Waals surface area contributed by atoms with Gasteiger partial charge < -0.3 is 0 Å². The Hall–Kier alpha value is -1.56. The van der Waals surface area contributed by atoms with Crippen molar-refractivity contribution in [3.05, 3.63) is 66.0 Å². The van der Waals surface area contributed by atoms with Crippen LogP contribution in [0.1, 0.15) is 27.1 Å². The van der Waals surface area contributed by atoms with Crippen LogP contribution < -0.4 is 4.57 Å². The van der Waals surface area contributed by atoms with Gasteiger partial charge in [-0.1, -0.05) is 30.3 Å². The average molecular weight is 366 g/mol. The summed E-state index contributed by atoms with van der Waals surface area (Å²) >= 11 is 2.21. The molecule has 1 aromatic carbocycles. The minimum atomic E-state index is -0.145. The van der Waals surface area contributed by atoms with E-state index in [1.54, 1.807) is 36.5 Å². The van der Waals surface area contributed by atoms with Crippen LogP contribution in [0.25, 0.3) is 0 Å². The van der Waals surface area contributed by atoms with Gasteiger partial charge >= 0.3 is 0 Å². The highest BCUT2D eigenvalue weighted by molar-refractivity contribution is 14.1. The smallest absolute Gasteiger partial charge is 0.197 e. The van der Waals surface area contributed by atoms with Crippen molar-refractivity contribution in [2.24, 2.45) is 0 Å². The van der Waals surface area contributed by atoms with Crippen molar-refractivity contribution in [1.82, 2.24) is 0 Å². The van der Waals surface area contributed by atoms with Crippen molar-refractivity contribution >= 4 is 34.2 Å². The molecule has 0 aliphatic heterocycles. The molecule has 2 rings (SSSR count). The Kier molecular flexibility index (Phi) is 4.79. The van der Waals surface area contributed by atoms with Gasteiger partial charge in [-0.15, -0.1) is 0 Å². The molecule has 0 fully saturated rings. The van der Waals surface area contributed by atoms with Gasteiger partial charge in [0.25, 0.3) is 0 Å². The minimum absolute atomic E-state index is 0.0880. The lowest BCUT2D eigenvalue weighted by molar-refractivity contribution is -0.670. The maximum atomic E-state index is 12.1. The summed E-state index contributed by atoms with van der Waals surface area (Å²) in [5.41, 5.74) is 1.15. The van der Waals surface area contributed by atoms with Gasteiger partial charge in [-0.3, -0.25) is 9.59 Å². The molecule has 0 N–H and O–H groups in total. The Morgan fingerprint density at radius 2 is 1.58 bits per heavy atom. The molecule has 0 saturated heterocycles. The number of benzene rings is 1. The van der Waals surface area contributed by atoms with Crippen LogP contribution in [0, 0.1) is 0 Å². The predicted molar refractivity (Wildman–Crippen MR) is 80.4 cm³/mol. The van der Waals surface area contributed by atoms with Gasteiger partial charge in [0.15, 0.2) is 28.5 Å². The second-order valence-electron chi connectivity index (χ2n) is 4.12. The molecule has 0 saturated carbocycles. The number of ketones is 2. The molecular formula is C15H13INO2+. The van der Waals surface area contributed by atoms with Gasteiger partial charge in [0.2, 0.25) is 0 Å². The van der Waals surface area contributed by atoms with E-state index in [1.807, 2.05) is 22.9 Å². The summed E-state index contributed by atoms with van der Waals surface area (Å²) in [6.45, 7) is 0. The molecule has 2 aromatic rings. The number of Topliss-reactive ketones (excluding diaryl/α,β-unsaturated/α-hetero) is 2. The lowest BCUT2D eigenvalue weighted by atomic mass is 10.0. The SMILES string of the molecule is O=C(CC(=O)c1ccc[n+](CI)c1)c1ccccc1. The Morgan fingerprint density at radius 1 is 0.947 bits per heavy atom. The molecule has 3 nitrogen and oxygen atoms in total. The molecule has 96 valence electrons. The third-order valence-corrected chi connectivity index (χ3v) is 3.52. The zero-order valence-corrected chi connectivity index (χ0v) is 12.4. The van der Waals surface area contributed by atoms with Crippen LogP contribution >= 0.6 is 22.6 Å². The highest BCUT2D eigenvalue weighted by Gasteiger charge is 2.15. The first-order valence-electron chi connectivity index (χ1n) is 5.87. The van der Waals surface area contributed by atoms with Crippen molar-refractivity contribution in [2.75, 3.05) is 0 Å². The minimum Gasteiger partial charge on any atom is -0.294 e. The lowest BCUT2D eigenvalue weighted by Crippen LogP contribution is -2.30. The number of nitrogens with zero attached hydrogens (tertiary/aromatic N) is 1. The van der Waals surface area contributed by atoms with Crippen molar-refractivity contribution in [3.8, 4) is 0 Å². The normalized spacial score (nSPS) is 10.2. The quantitative estimate of drug-likeness (QED) is 0.268. The second kappa shape index (κ2) is 6.56. The first kappa shape index (κ1) is 13.9. The Bertz CT molecular complexity index is 596. The number of carbonyl (C=O) groups excluding carboxylic acids is 2. The largest absolute Gasteiger partial charge is 0.294 e. The Morgan fingerprint density at radius 3 is 2.26 bits per heavy atom. The number of hydrogen-bond donors (Lipinski definition) is 0. The van der Waals surface area contributed by atoms with E-state index in [0.717, 1.165) is 4.55 Å². The monoisotopic (exact) mass is 366 g/mol. The first-order valence-corrected chi connectivity index (χ1v) is 7.40. The maximum Gasteiger partial charge on any atom is 0.197 e. The van der Waals surface area contributed by atoms with Gasteiger partial charge in [0.05, 0.1) is 12.0 Å². The zero-order chi connectivity index (χ0) is 13.7. The summed E-state index contributed by atoms with van der Waals surface area (Å²) in [7, 11) is 0. The number of pyridine rings is 1. The molecule has 0 amide bonds. The molecule has 0 bridgehead atoms. The second-order valence-corrected chi connectivity index (χ2v) is 4.80.